The number of allylic oxidation sites excluding steroid dienone is 1. The second kappa shape index (κ2) is 8.97. The number of thioether (sulfide) groups is 1. The number of carbonyl (C=O) groups excluding carboxylic acids is 2. The minimum atomic E-state index is -0.548. The van der Waals surface area contributed by atoms with Crippen LogP contribution in [0.3, 0.4) is 0 Å². The van der Waals surface area contributed by atoms with Crippen LogP contribution < -0.4 is 10.6 Å². The molecule has 25 heavy (non-hydrogen) atoms. The summed E-state index contributed by atoms with van der Waals surface area (Å²) in [5, 5.41) is 13.2. The van der Waals surface area contributed by atoms with E-state index in [2.05, 4.69) is 27.4 Å². The number of carbonyl (C=O) groups is 2. The highest BCUT2D eigenvalue weighted by Gasteiger charge is 2.17. The van der Waals surface area contributed by atoms with Crippen LogP contribution in [-0.2, 0) is 11.3 Å². The van der Waals surface area contributed by atoms with Gasteiger partial charge in [0.05, 0.1) is 11.3 Å². The zero-order valence-corrected chi connectivity index (χ0v) is 14.5. The van der Waals surface area contributed by atoms with Crippen LogP contribution in [0.4, 0.5) is 9.18 Å². The molecule has 1 aromatic heterocycles. The van der Waals surface area contributed by atoms with Crippen molar-refractivity contribution in [2.24, 2.45) is 0 Å². The van der Waals surface area contributed by atoms with Gasteiger partial charge in [-0.25, -0.2) is 9.18 Å². The Labute approximate surface area is 148 Å². The molecular formula is C16H18FN5O2S. The van der Waals surface area contributed by atoms with E-state index in [-0.39, 0.29) is 5.75 Å². The highest BCUT2D eigenvalue weighted by Crippen LogP contribution is 2.25. The van der Waals surface area contributed by atoms with Crippen LogP contribution in [0.25, 0.3) is 11.4 Å². The highest BCUT2D eigenvalue weighted by molar-refractivity contribution is 7.99. The molecule has 2 aromatic rings. The third kappa shape index (κ3) is 4.90. The number of hydrogen-bond acceptors (Lipinski definition) is 5. The quantitative estimate of drug-likeness (QED) is 0.582. The molecule has 9 heteroatoms. The van der Waals surface area contributed by atoms with E-state index in [1.54, 1.807) is 35.8 Å². The van der Waals surface area contributed by atoms with Crippen LogP contribution >= 0.6 is 11.8 Å². The Bertz CT molecular complexity index is 778. The van der Waals surface area contributed by atoms with Crippen LogP contribution in [0, 0.1) is 5.82 Å². The van der Waals surface area contributed by atoms with E-state index >= 15 is 0 Å². The van der Waals surface area contributed by atoms with Gasteiger partial charge in [-0.05, 0) is 19.1 Å². The van der Waals surface area contributed by atoms with Gasteiger partial charge in [-0.1, -0.05) is 30.0 Å². The summed E-state index contributed by atoms with van der Waals surface area (Å²) in [6.07, 6.45) is 1.63. The van der Waals surface area contributed by atoms with Crippen molar-refractivity contribution in [3.05, 3.63) is 42.7 Å². The van der Waals surface area contributed by atoms with E-state index in [1.807, 2.05) is 0 Å². The van der Waals surface area contributed by atoms with Gasteiger partial charge in [0.2, 0.25) is 5.91 Å². The molecule has 0 saturated heterocycles. The van der Waals surface area contributed by atoms with Gasteiger partial charge in [-0.3, -0.25) is 14.7 Å². The lowest BCUT2D eigenvalue weighted by Crippen LogP contribution is -2.40. The summed E-state index contributed by atoms with van der Waals surface area (Å²) in [5.74, 6) is -0.545. The van der Waals surface area contributed by atoms with Crippen molar-refractivity contribution in [3.8, 4) is 11.4 Å². The van der Waals surface area contributed by atoms with Crippen LogP contribution in [0.2, 0.25) is 0 Å². The Balaban J connectivity index is 2.14. The van der Waals surface area contributed by atoms with Gasteiger partial charge in [0, 0.05) is 13.1 Å². The molecular weight excluding hydrogens is 345 g/mol. The normalized spacial score (nSPS) is 10.3. The Morgan fingerprint density at radius 3 is 2.80 bits per heavy atom. The number of urea groups is 1. The first-order valence-electron chi connectivity index (χ1n) is 7.56. The first kappa shape index (κ1) is 18.7. The average Bonchev–Trinajstić information content (AvgIpc) is 2.96. The van der Waals surface area contributed by atoms with Crippen molar-refractivity contribution in [2.45, 2.75) is 18.6 Å². The topological polar surface area (TPSA) is 88.9 Å². The third-order valence-corrected chi connectivity index (χ3v) is 4.03. The Hall–Kier alpha value is -2.68. The van der Waals surface area contributed by atoms with Crippen LogP contribution in [-0.4, -0.2) is 39.0 Å². The zero-order valence-electron chi connectivity index (χ0n) is 13.7. The third-order valence-electron chi connectivity index (χ3n) is 3.07. The molecule has 0 bridgehead atoms. The van der Waals surface area contributed by atoms with Crippen molar-refractivity contribution >= 4 is 23.7 Å². The fourth-order valence-electron chi connectivity index (χ4n) is 2.03. The molecule has 0 saturated carbocycles. The lowest BCUT2D eigenvalue weighted by Gasteiger charge is -2.08. The van der Waals surface area contributed by atoms with E-state index in [1.165, 1.54) is 6.07 Å². The van der Waals surface area contributed by atoms with Crippen LogP contribution in [0.1, 0.15) is 6.92 Å². The fourth-order valence-corrected chi connectivity index (χ4v) is 2.78. The molecule has 0 aliphatic heterocycles. The molecule has 132 valence electrons. The maximum atomic E-state index is 14.0. The molecule has 0 unspecified atom stereocenters. The van der Waals surface area contributed by atoms with Crippen molar-refractivity contribution in [3.63, 3.8) is 0 Å². The molecule has 7 nitrogen and oxygen atoms in total. The van der Waals surface area contributed by atoms with Crippen LogP contribution in [0.15, 0.2) is 42.1 Å². The summed E-state index contributed by atoms with van der Waals surface area (Å²) in [5.41, 5.74) is 0.315. The summed E-state index contributed by atoms with van der Waals surface area (Å²) in [4.78, 5) is 23.1. The number of hydrogen-bond donors (Lipinski definition) is 2. The number of rotatable bonds is 7. The predicted molar refractivity (Wildman–Crippen MR) is 93.6 cm³/mol. The van der Waals surface area contributed by atoms with Gasteiger partial charge < -0.3 is 5.32 Å². The number of amides is 3. The van der Waals surface area contributed by atoms with Gasteiger partial charge in [0.25, 0.3) is 0 Å². The summed E-state index contributed by atoms with van der Waals surface area (Å²) in [7, 11) is 0. The summed E-state index contributed by atoms with van der Waals surface area (Å²) in [6.45, 7) is 6.21. The number of benzene rings is 1. The first-order valence-corrected chi connectivity index (χ1v) is 8.54. The summed E-state index contributed by atoms with van der Waals surface area (Å²) >= 11 is 1.10. The average molecular weight is 363 g/mol. The monoisotopic (exact) mass is 363 g/mol. The van der Waals surface area contributed by atoms with E-state index < -0.39 is 17.8 Å². The van der Waals surface area contributed by atoms with Gasteiger partial charge in [0.1, 0.15) is 5.82 Å². The predicted octanol–water partition coefficient (Wildman–Crippen LogP) is 2.21. The minimum Gasteiger partial charge on any atom is -0.338 e. The van der Waals surface area contributed by atoms with E-state index in [9.17, 15) is 14.0 Å². The number of nitrogens with one attached hydrogen (secondary N) is 2. The van der Waals surface area contributed by atoms with Gasteiger partial charge in [0.15, 0.2) is 11.0 Å². The Kier molecular flexibility index (Phi) is 6.70. The van der Waals surface area contributed by atoms with Gasteiger partial charge in [-0.15, -0.1) is 16.8 Å². The molecule has 2 rings (SSSR count). The molecule has 0 radical (unpaired) electrons. The standard InChI is InChI=1S/C16H18FN5O2S/c1-3-9-22-14(11-7-5-6-8-12(11)17)20-21-16(22)25-10-13(23)19-15(24)18-4-2/h3,5-8H,1,4,9-10H2,2H3,(H2,18,19,23,24). The largest absolute Gasteiger partial charge is 0.338 e. The molecule has 0 aliphatic carbocycles. The highest BCUT2D eigenvalue weighted by atomic mass is 32.2. The number of nitrogens with zero attached hydrogens (tertiary/aromatic N) is 3. The molecule has 2 N–H and O–H groups in total. The molecule has 3 amide bonds. The van der Waals surface area contributed by atoms with Crippen molar-refractivity contribution < 1.29 is 14.0 Å². The van der Waals surface area contributed by atoms with Crippen molar-refractivity contribution in [2.75, 3.05) is 12.3 Å². The lowest BCUT2D eigenvalue weighted by molar-refractivity contribution is -0.117. The summed E-state index contributed by atoms with van der Waals surface area (Å²) < 4.78 is 15.7. The Morgan fingerprint density at radius 1 is 1.36 bits per heavy atom. The number of imide groups is 1. The van der Waals surface area contributed by atoms with Crippen molar-refractivity contribution in [1.82, 2.24) is 25.4 Å². The number of aromatic nitrogens is 3. The van der Waals surface area contributed by atoms with Gasteiger partial charge >= 0.3 is 6.03 Å². The van der Waals surface area contributed by atoms with Crippen LogP contribution in [0.5, 0.6) is 0 Å². The minimum absolute atomic E-state index is 0.0241. The second-order valence-electron chi connectivity index (χ2n) is 4.88. The fraction of sp³-hybridized carbons (Fsp3) is 0.250. The van der Waals surface area contributed by atoms with E-state index in [0.717, 1.165) is 11.8 Å². The summed E-state index contributed by atoms with van der Waals surface area (Å²) in [6, 6.07) is 5.70. The van der Waals surface area contributed by atoms with Crippen molar-refractivity contribution in [1.29, 1.82) is 0 Å². The molecule has 0 aliphatic rings. The maximum Gasteiger partial charge on any atom is 0.321 e. The molecule has 1 heterocycles. The second-order valence-corrected chi connectivity index (χ2v) is 5.82. The maximum absolute atomic E-state index is 14.0. The van der Waals surface area contributed by atoms with E-state index in [4.69, 9.17) is 0 Å². The molecule has 0 fully saturated rings. The molecule has 0 spiro atoms. The van der Waals surface area contributed by atoms with E-state index in [0.29, 0.717) is 29.6 Å². The zero-order chi connectivity index (χ0) is 18.2. The number of halogens is 1. The molecule has 0 atom stereocenters. The van der Waals surface area contributed by atoms with Gasteiger partial charge in [-0.2, -0.15) is 0 Å². The smallest absolute Gasteiger partial charge is 0.321 e. The first-order chi connectivity index (χ1) is 12.1. The lowest BCUT2D eigenvalue weighted by atomic mass is 10.2. The molecule has 1 aromatic carbocycles. The Morgan fingerprint density at radius 2 is 2.12 bits per heavy atom. The SMILES string of the molecule is C=CCn1c(SCC(=O)NC(=O)NCC)nnc1-c1ccccc1F.